The average molecular weight is 775 g/mol. The third-order valence-corrected chi connectivity index (χ3v) is 13.7. The zero-order chi connectivity index (χ0) is 41.5. The van der Waals surface area contributed by atoms with Gasteiger partial charge in [-0.05, 0) is 111 Å². The molecular formula is C56H74N2. The fraction of sp³-hybridized carbons (Fsp3) is 0.536. The molecule has 58 heavy (non-hydrogen) atoms. The molecular weight excluding hydrogens is 701 g/mol. The van der Waals surface area contributed by atoms with Gasteiger partial charge in [-0.3, -0.25) is 0 Å². The second-order valence-corrected chi connectivity index (χ2v) is 19.1. The second kappa shape index (κ2) is 21.2. The maximum absolute atomic E-state index is 9.44. The van der Waals surface area contributed by atoms with Crippen molar-refractivity contribution >= 4 is 0 Å². The molecule has 0 atom stereocenters. The number of fused-ring (bicyclic) bond motifs is 6. The van der Waals surface area contributed by atoms with Crippen molar-refractivity contribution in [3.63, 3.8) is 0 Å². The molecule has 0 saturated carbocycles. The van der Waals surface area contributed by atoms with E-state index >= 15 is 0 Å². The van der Waals surface area contributed by atoms with Crippen molar-refractivity contribution < 1.29 is 0 Å². The van der Waals surface area contributed by atoms with E-state index in [0.717, 1.165) is 38.5 Å². The van der Waals surface area contributed by atoms with Crippen LogP contribution < -0.4 is 0 Å². The van der Waals surface area contributed by atoms with Gasteiger partial charge in [0.1, 0.15) is 0 Å². The van der Waals surface area contributed by atoms with Crippen molar-refractivity contribution in [3.8, 4) is 34.4 Å². The molecule has 308 valence electrons. The van der Waals surface area contributed by atoms with Gasteiger partial charge in [0.25, 0.3) is 0 Å². The summed E-state index contributed by atoms with van der Waals surface area (Å²) < 4.78 is 0. The molecule has 0 fully saturated rings. The van der Waals surface area contributed by atoms with Crippen LogP contribution in [0.3, 0.4) is 0 Å². The molecule has 0 radical (unpaired) electrons. The van der Waals surface area contributed by atoms with E-state index in [-0.39, 0.29) is 21.7 Å². The zero-order valence-corrected chi connectivity index (χ0v) is 37.3. The first-order valence-electron chi connectivity index (χ1n) is 23.3. The number of unbranched alkanes of at least 4 members (excludes halogenated alkanes) is 10. The highest BCUT2D eigenvalue weighted by Crippen LogP contribution is 2.55. The molecule has 2 aliphatic rings. The molecule has 0 aliphatic heterocycles. The average Bonchev–Trinajstić information content (AvgIpc) is 3.68. The van der Waals surface area contributed by atoms with Crippen molar-refractivity contribution in [2.24, 2.45) is 10.8 Å². The second-order valence-electron chi connectivity index (χ2n) is 19.1. The molecule has 0 unspecified atom stereocenters. The topological polar surface area (TPSA) is 47.6 Å². The van der Waals surface area contributed by atoms with Gasteiger partial charge in [-0.15, -0.1) is 0 Å². The molecule has 4 aromatic carbocycles. The largest absolute Gasteiger partial charge is 0.198 e. The van der Waals surface area contributed by atoms with E-state index in [4.69, 9.17) is 0 Å². The summed E-state index contributed by atoms with van der Waals surface area (Å²) in [6, 6.07) is 41.1. The Kier molecular flexibility index (Phi) is 16.4. The third-order valence-electron chi connectivity index (χ3n) is 13.7. The minimum Gasteiger partial charge on any atom is -0.198 e. The fourth-order valence-corrected chi connectivity index (χ4v) is 10.3. The molecule has 0 N–H and O–H groups in total. The first kappa shape index (κ1) is 45.0. The summed E-state index contributed by atoms with van der Waals surface area (Å²) in [5.74, 6) is 0. The molecule has 0 aromatic heterocycles. The summed E-state index contributed by atoms with van der Waals surface area (Å²) >= 11 is 0. The van der Waals surface area contributed by atoms with E-state index in [2.05, 4.69) is 123 Å². The smallest absolute Gasteiger partial charge is 0.0683 e. The van der Waals surface area contributed by atoms with Crippen LogP contribution in [0.4, 0.5) is 0 Å². The molecule has 2 heteroatoms. The van der Waals surface area contributed by atoms with Gasteiger partial charge in [0.05, 0.1) is 23.0 Å². The molecule has 0 saturated heterocycles. The van der Waals surface area contributed by atoms with Crippen LogP contribution in [0.15, 0.2) is 97.1 Å². The molecule has 2 aliphatic carbocycles. The first-order chi connectivity index (χ1) is 28.1. The summed E-state index contributed by atoms with van der Waals surface area (Å²) in [5.41, 5.74) is 11.4. The number of hydrogen-bond donors (Lipinski definition) is 0. The lowest BCUT2D eigenvalue weighted by Gasteiger charge is -2.34. The quantitative estimate of drug-likeness (QED) is 0.0747. The summed E-state index contributed by atoms with van der Waals surface area (Å²) in [5, 5.41) is 18.9. The number of nitriles is 2. The number of benzene rings is 4. The van der Waals surface area contributed by atoms with E-state index in [9.17, 15) is 10.5 Å². The number of hydrogen-bond acceptors (Lipinski definition) is 2. The Bertz CT molecular complexity index is 1820. The number of nitrogens with zero attached hydrogens (tertiary/aromatic N) is 2. The van der Waals surface area contributed by atoms with Crippen molar-refractivity contribution in [3.05, 3.63) is 119 Å². The normalized spacial score (nSPS) is 14.3. The molecule has 4 aromatic rings. The lowest BCUT2D eigenvalue weighted by atomic mass is 9.69. The Morgan fingerprint density at radius 1 is 0.379 bits per heavy atom. The monoisotopic (exact) mass is 775 g/mol. The molecule has 0 amide bonds. The molecule has 0 heterocycles. The van der Waals surface area contributed by atoms with Gasteiger partial charge in [-0.2, -0.15) is 10.5 Å². The van der Waals surface area contributed by atoms with E-state index < -0.39 is 0 Å². The van der Waals surface area contributed by atoms with Gasteiger partial charge in [0.15, 0.2) is 0 Å². The fourth-order valence-electron chi connectivity index (χ4n) is 10.3. The predicted octanol–water partition coefficient (Wildman–Crippen LogP) is 16.8. The van der Waals surface area contributed by atoms with Crippen LogP contribution in [0.1, 0.15) is 192 Å². The Morgan fingerprint density at radius 2 is 0.638 bits per heavy atom. The minimum atomic E-state index is -0.290. The maximum Gasteiger partial charge on any atom is 0.0683 e. The lowest BCUT2D eigenvalue weighted by molar-refractivity contribution is 0.339. The molecule has 0 bridgehead atoms. The first-order valence-corrected chi connectivity index (χ1v) is 23.3. The summed E-state index contributed by atoms with van der Waals surface area (Å²) in [6.07, 6.45) is 25.2. The van der Waals surface area contributed by atoms with E-state index in [1.807, 2.05) is 27.7 Å². The van der Waals surface area contributed by atoms with Crippen LogP contribution >= 0.6 is 0 Å². The lowest BCUT2D eigenvalue weighted by Crippen LogP contribution is -2.26. The summed E-state index contributed by atoms with van der Waals surface area (Å²) in [4.78, 5) is 0. The standard InChI is InChI=1S/C29H42.C27H32N2/c1-3-5-7-9-11-17-23-29(24-18-12-10-8-6-4-2)27-21-15-13-19-25(27)26-20-14-16-22-28(26)29;1-25(2,19-28)15-9-17-27(18-10-16-26(3,4)20-29)23-13-7-5-11-21(23)22-12-6-8-14-24(22)27/h13-16,19-22H,3-12,17-18,23-24H2,1-2H3;5-8,11-14H,9-10,15-18H2,1-4H3. The molecule has 6 rings (SSSR count). The van der Waals surface area contributed by atoms with Gasteiger partial charge < -0.3 is 0 Å². The van der Waals surface area contributed by atoms with Gasteiger partial charge in [0.2, 0.25) is 0 Å². The van der Waals surface area contributed by atoms with Crippen molar-refractivity contribution in [1.29, 1.82) is 10.5 Å². The summed E-state index contributed by atoms with van der Waals surface area (Å²) in [7, 11) is 0. The van der Waals surface area contributed by atoms with Crippen LogP contribution in [0.5, 0.6) is 0 Å². The molecule has 0 spiro atoms. The zero-order valence-electron chi connectivity index (χ0n) is 37.3. The SMILES string of the molecule is CC(C)(C#N)CCCC1(CCCC(C)(C)C#N)c2ccccc2-c2ccccc21.CCCCCCCCC1(CCCCCCCC)c2ccccc2-c2ccccc21. The highest BCUT2D eigenvalue weighted by Gasteiger charge is 2.43. The van der Waals surface area contributed by atoms with Gasteiger partial charge in [-0.25, -0.2) is 0 Å². The van der Waals surface area contributed by atoms with Gasteiger partial charge >= 0.3 is 0 Å². The van der Waals surface area contributed by atoms with Crippen molar-refractivity contribution in [1.82, 2.24) is 0 Å². The predicted molar refractivity (Wildman–Crippen MR) is 248 cm³/mol. The number of rotatable bonds is 22. The van der Waals surface area contributed by atoms with Gasteiger partial charge in [0, 0.05) is 10.8 Å². The highest BCUT2D eigenvalue weighted by atomic mass is 14.5. The highest BCUT2D eigenvalue weighted by molar-refractivity contribution is 5.82. The Balaban J connectivity index is 0.000000221. The van der Waals surface area contributed by atoms with Crippen LogP contribution in [0.2, 0.25) is 0 Å². The van der Waals surface area contributed by atoms with E-state index in [0.29, 0.717) is 0 Å². The van der Waals surface area contributed by atoms with Crippen LogP contribution in [-0.4, -0.2) is 0 Å². The van der Waals surface area contributed by atoms with Crippen LogP contribution in [0.25, 0.3) is 22.3 Å². The summed E-state index contributed by atoms with van der Waals surface area (Å²) in [6.45, 7) is 12.7. The van der Waals surface area contributed by atoms with E-state index in [1.54, 1.807) is 11.1 Å². The Labute approximate surface area is 354 Å². The van der Waals surface area contributed by atoms with Crippen LogP contribution in [0, 0.1) is 33.5 Å². The Hall–Kier alpha value is -4.14. The van der Waals surface area contributed by atoms with E-state index in [1.165, 1.54) is 123 Å². The third kappa shape index (κ3) is 10.7. The minimum absolute atomic E-state index is 0.0236. The molecule has 2 nitrogen and oxygen atoms in total. The Morgan fingerprint density at radius 3 is 0.931 bits per heavy atom. The van der Waals surface area contributed by atoms with Crippen LogP contribution in [-0.2, 0) is 10.8 Å². The van der Waals surface area contributed by atoms with Crippen molar-refractivity contribution in [2.75, 3.05) is 0 Å². The maximum atomic E-state index is 9.44. The van der Waals surface area contributed by atoms with Crippen molar-refractivity contribution in [2.45, 2.75) is 181 Å². The van der Waals surface area contributed by atoms with Gasteiger partial charge in [-0.1, -0.05) is 201 Å².